The summed E-state index contributed by atoms with van der Waals surface area (Å²) in [5, 5.41) is 10.8. The molecule has 0 fully saturated rings. The van der Waals surface area contributed by atoms with E-state index in [0.29, 0.717) is 0 Å². The van der Waals surface area contributed by atoms with E-state index in [2.05, 4.69) is 0 Å². The van der Waals surface area contributed by atoms with Crippen molar-refractivity contribution in [1.29, 1.82) is 0 Å². The second-order valence-electron chi connectivity index (χ2n) is 2.80. The van der Waals surface area contributed by atoms with Crippen molar-refractivity contribution >= 4 is 11.9 Å². The van der Waals surface area contributed by atoms with E-state index < -0.39 is 17.4 Å². The minimum Gasteiger partial charge on any atom is -0.549 e. The van der Waals surface area contributed by atoms with E-state index in [4.69, 9.17) is 4.74 Å². The predicted octanol–water partition coefficient (Wildman–Crippen LogP) is 0.106. The van der Waals surface area contributed by atoms with Gasteiger partial charge in [0, 0.05) is 0 Å². The normalized spacial score (nSPS) is 11.0. The van der Waals surface area contributed by atoms with E-state index in [-0.39, 0.29) is 19.4 Å². The molecule has 4 nitrogen and oxygen atoms in total. The molecular weight excluding hydrogens is 172 g/mol. The highest BCUT2D eigenvalue weighted by atomic mass is 16.5. The molecule has 0 N–H and O–H groups in total. The fraction of sp³-hybridized carbons (Fsp3) is 0.778. The first kappa shape index (κ1) is 11.9. The summed E-state index contributed by atoms with van der Waals surface area (Å²) in [7, 11) is 0. The lowest BCUT2D eigenvalue weighted by molar-refractivity contribution is -0.318. The van der Waals surface area contributed by atoms with Crippen LogP contribution in [0.25, 0.3) is 0 Å². The topological polar surface area (TPSA) is 66.4 Å². The zero-order valence-electron chi connectivity index (χ0n) is 8.25. The van der Waals surface area contributed by atoms with E-state index in [1.165, 1.54) is 0 Å². The third-order valence-corrected chi connectivity index (χ3v) is 2.26. The Kier molecular flexibility index (Phi) is 4.45. The maximum atomic E-state index is 11.3. The van der Waals surface area contributed by atoms with Crippen LogP contribution in [0.2, 0.25) is 0 Å². The minimum atomic E-state index is -1.46. The molecule has 0 aliphatic carbocycles. The molecule has 0 bridgehead atoms. The second-order valence-corrected chi connectivity index (χ2v) is 2.80. The molecule has 0 saturated carbocycles. The molecule has 0 aliphatic heterocycles. The van der Waals surface area contributed by atoms with Gasteiger partial charge in [-0.05, 0) is 19.8 Å². The van der Waals surface area contributed by atoms with Crippen molar-refractivity contribution in [1.82, 2.24) is 0 Å². The summed E-state index contributed by atoms with van der Waals surface area (Å²) in [6.07, 6.45) is 0.398. The molecule has 13 heavy (non-hydrogen) atoms. The van der Waals surface area contributed by atoms with Crippen molar-refractivity contribution in [3.8, 4) is 0 Å². The summed E-state index contributed by atoms with van der Waals surface area (Å²) in [6, 6.07) is 0. The highest BCUT2D eigenvalue weighted by molar-refractivity contribution is 5.98. The number of carbonyl (C=O) groups excluding carboxylic acids is 2. The van der Waals surface area contributed by atoms with Crippen LogP contribution in [-0.4, -0.2) is 18.5 Å². The molecule has 0 unspecified atom stereocenters. The summed E-state index contributed by atoms with van der Waals surface area (Å²) in [6.45, 7) is 5.10. The average molecular weight is 187 g/mol. The average Bonchev–Trinajstić information content (AvgIpc) is 2.07. The predicted molar refractivity (Wildman–Crippen MR) is 44.7 cm³/mol. The second kappa shape index (κ2) is 4.84. The van der Waals surface area contributed by atoms with Crippen LogP contribution in [-0.2, 0) is 14.3 Å². The number of hydrogen-bond acceptors (Lipinski definition) is 4. The van der Waals surface area contributed by atoms with Gasteiger partial charge in [-0.3, -0.25) is 4.79 Å². The van der Waals surface area contributed by atoms with Crippen LogP contribution in [0.4, 0.5) is 0 Å². The molecule has 0 saturated heterocycles. The molecule has 0 rings (SSSR count). The first-order valence-electron chi connectivity index (χ1n) is 4.43. The third kappa shape index (κ3) is 2.20. The fourth-order valence-electron chi connectivity index (χ4n) is 1.18. The van der Waals surface area contributed by atoms with Crippen molar-refractivity contribution in [2.24, 2.45) is 5.41 Å². The molecule has 0 spiro atoms. The van der Waals surface area contributed by atoms with Gasteiger partial charge in [-0.2, -0.15) is 0 Å². The van der Waals surface area contributed by atoms with Gasteiger partial charge in [-0.25, -0.2) is 0 Å². The lowest BCUT2D eigenvalue weighted by atomic mass is 9.82. The van der Waals surface area contributed by atoms with Gasteiger partial charge in [0.1, 0.15) is 5.41 Å². The van der Waals surface area contributed by atoms with E-state index >= 15 is 0 Å². The molecule has 0 amide bonds. The van der Waals surface area contributed by atoms with Gasteiger partial charge < -0.3 is 14.6 Å². The van der Waals surface area contributed by atoms with Gasteiger partial charge in [-0.1, -0.05) is 13.8 Å². The zero-order chi connectivity index (χ0) is 10.5. The summed E-state index contributed by atoms with van der Waals surface area (Å²) in [4.78, 5) is 22.1. The Morgan fingerprint density at radius 1 is 1.23 bits per heavy atom. The quantitative estimate of drug-likeness (QED) is 0.452. The Bertz CT molecular complexity index is 194. The number of ether oxygens (including phenoxy) is 1. The standard InChI is InChI=1S/C9H16O4/c1-4-9(5-2,7(10)11)8(12)13-6-3/h4-6H2,1-3H3,(H,10,11)/p-1. The molecule has 0 heterocycles. The lowest BCUT2D eigenvalue weighted by Crippen LogP contribution is -2.48. The van der Waals surface area contributed by atoms with Crippen LogP contribution >= 0.6 is 0 Å². The largest absolute Gasteiger partial charge is 0.549 e. The van der Waals surface area contributed by atoms with Crippen molar-refractivity contribution in [3.05, 3.63) is 0 Å². The Balaban J connectivity index is 4.75. The summed E-state index contributed by atoms with van der Waals surface area (Å²) >= 11 is 0. The fourth-order valence-corrected chi connectivity index (χ4v) is 1.18. The third-order valence-electron chi connectivity index (χ3n) is 2.26. The first-order valence-corrected chi connectivity index (χ1v) is 4.43. The molecule has 0 aromatic carbocycles. The summed E-state index contributed by atoms with van der Waals surface area (Å²) in [5.41, 5.74) is -1.46. The smallest absolute Gasteiger partial charge is 0.317 e. The van der Waals surface area contributed by atoms with Gasteiger partial charge in [0.25, 0.3) is 0 Å². The van der Waals surface area contributed by atoms with Gasteiger partial charge in [0.2, 0.25) is 0 Å². The maximum absolute atomic E-state index is 11.3. The number of carboxylic acids is 1. The maximum Gasteiger partial charge on any atom is 0.317 e. The Morgan fingerprint density at radius 3 is 1.92 bits per heavy atom. The highest BCUT2D eigenvalue weighted by Gasteiger charge is 2.37. The van der Waals surface area contributed by atoms with E-state index in [0.717, 1.165) is 0 Å². The number of esters is 1. The van der Waals surface area contributed by atoms with E-state index in [9.17, 15) is 14.7 Å². The van der Waals surface area contributed by atoms with Crippen LogP contribution in [0.1, 0.15) is 33.6 Å². The molecule has 0 aliphatic rings. The highest BCUT2D eigenvalue weighted by Crippen LogP contribution is 2.27. The van der Waals surface area contributed by atoms with Crippen molar-refractivity contribution < 1.29 is 19.4 Å². The van der Waals surface area contributed by atoms with Crippen LogP contribution in [0.3, 0.4) is 0 Å². The van der Waals surface area contributed by atoms with E-state index in [1.807, 2.05) is 0 Å². The molecular formula is C9H15O4-. The van der Waals surface area contributed by atoms with Gasteiger partial charge in [0.15, 0.2) is 0 Å². The Morgan fingerprint density at radius 2 is 1.69 bits per heavy atom. The number of carboxylic acid groups (broad SMARTS) is 1. The van der Waals surface area contributed by atoms with Crippen molar-refractivity contribution in [2.45, 2.75) is 33.6 Å². The van der Waals surface area contributed by atoms with Gasteiger partial charge >= 0.3 is 5.97 Å². The monoisotopic (exact) mass is 187 g/mol. The molecule has 0 aromatic heterocycles. The lowest BCUT2D eigenvalue weighted by Gasteiger charge is -2.29. The molecule has 0 radical (unpaired) electrons. The number of hydrogen-bond donors (Lipinski definition) is 0. The number of rotatable bonds is 5. The van der Waals surface area contributed by atoms with E-state index in [1.54, 1.807) is 20.8 Å². The number of aliphatic carboxylic acids is 1. The summed E-state index contributed by atoms with van der Waals surface area (Å²) in [5.74, 6) is -2.05. The SMILES string of the molecule is CCOC(=O)C(CC)(CC)C(=O)[O-]. The van der Waals surface area contributed by atoms with Crippen LogP contribution in [0, 0.1) is 5.41 Å². The molecule has 0 atom stereocenters. The van der Waals surface area contributed by atoms with Gasteiger partial charge in [0.05, 0.1) is 12.6 Å². The zero-order valence-corrected chi connectivity index (χ0v) is 8.25. The summed E-state index contributed by atoms with van der Waals surface area (Å²) < 4.78 is 4.69. The molecule has 4 heteroatoms. The van der Waals surface area contributed by atoms with Crippen molar-refractivity contribution in [2.75, 3.05) is 6.61 Å². The van der Waals surface area contributed by atoms with Gasteiger partial charge in [-0.15, -0.1) is 0 Å². The minimum absolute atomic E-state index is 0.188. The number of carbonyl (C=O) groups is 2. The van der Waals surface area contributed by atoms with Crippen LogP contribution in [0.15, 0.2) is 0 Å². The van der Waals surface area contributed by atoms with Crippen LogP contribution < -0.4 is 5.11 Å². The van der Waals surface area contributed by atoms with Crippen molar-refractivity contribution in [3.63, 3.8) is 0 Å². The van der Waals surface area contributed by atoms with Crippen LogP contribution in [0.5, 0.6) is 0 Å². The Labute approximate surface area is 77.9 Å². The molecule has 76 valence electrons. The first-order chi connectivity index (χ1) is 6.05. The Hall–Kier alpha value is -1.06. The molecule has 0 aromatic rings.